The molecule has 0 aliphatic rings. The molecule has 0 aliphatic carbocycles. The summed E-state index contributed by atoms with van der Waals surface area (Å²) in [6.07, 6.45) is 0. The number of nitrogens with zero attached hydrogens (tertiary/aromatic N) is 3. The zero-order chi connectivity index (χ0) is 25.5. The molecular formula is C26H24ClN5O3S. The number of hydrazine groups is 1. The van der Waals surface area contributed by atoms with Crippen molar-refractivity contribution >= 4 is 35.2 Å². The quantitative estimate of drug-likeness (QED) is 0.260. The van der Waals surface area contributed by atoms with E-state index in [0.717, 1.165) is 16.8 Å². The first-order valence-electron chi connectivity index (χ1n) is 11.1. The van der Waals surface area contributed by atoms with E-state index in [4.69, 9.17) is 16.3 Å². The number of hydrogen-bond acceptors (Lipinski definition) is 6. The summed E-state index contributed by atoms with van der Waals surface area (Å²) in [7, 11) is 0. The van der Waals surface area contributed by atoms with Gasteiger partial charge < -0.3 is 4.74 Å². The van der Waals surface area contributed by atoms with Crippen molar-refractivity contribution in [2.24, 2.45) is 0 Å². The fourth-order valence-corrected chi connectivity index (χ4v) is 4.20. The number of benzene rings is 3. The van der Waals surface area contributed by atoms with Crippen LogP contribution in [0.15, 0.2) is 84.0 Å². The smallest absolute Gasteiger partial charge is 0.276 e. The number of nitrogens with one attached hydrogen (secondary N) is 2. The number of rotatable bonds is 8. The molecular weight excluding hydrogens is 498 g/mol. The Morgan fingerprint density at radius 3 is 2.36 bits per heavy atom. The summed E-state index contributed by atoms with van der Waals surface area (Å²) >= 11 is 7.07. The SMILES string of the molecule is Cc1ccc(-c2nnc(S[C@@H](C)C(=O)NNC(=O)COc3ccc(Cl)cc3)n2-c2ccccc2)cc1. The van der Waals surface area contributed by atoms with E-state index in [0.29, 0.717) is 21.8 Å². The molecule has 0 bridgehead atoms. The Balaban J connectivity index is 1.41. The van der Waals surface area contributed by atoms with Crippen LogP contribution < -0.4 is 15.6 Å². The predicted octanol–water partition coefficient (Wildman–Crippen LogP) is 4.60. The number of amides is 2. The monoisotopic (exact) mass is 521 g/mol. The van der Waals surface area contributed by atoms with Crippen molar-refractivity contribution in [3.63, 3.8) is 0 Å². The second-order valence-electron chi connectivity index (χ2n) is 7.88. The number of para-hydroxylation sites is 1. The van der Waals surface area contributed by atoms with Gasteiger partial charge in [0.1, 0.15) is 5.75 Å². The van der Waals surface area contributed by atoms with Crippen LogP contribution in [0.3, 0.4) is 0 Å². The largest absolute Gasteiger partial charge is 0.484 e. The van der Waals surface area contributed by atoms with Gasteiger partial charge in [0, 0.05) is 16.3 Å². The Hall–Kier alpha value is -3.82. The molecule has 0 fully saturated rings. The van der Waals surface area contributed by atoms with E-state index < -0.39 is 11.2 Å². The lowest BCUT2D eigenvalue weighted by Crippen LogP contribution is -2.46. The van der Waals surface area contributed by atoms with Crippen LogP contribution >= 0.6 is 23.4 Å². The van der Waals surface area contributed by atoms with E-state index in [1.807, 2.05) is 66.1 Å². The van der Waals surface area contributed by atoms with Gasteiger partial charge in [-0.2, -0.15) is 0 Å². The molecule has 2 amide bonds. The average molecular weight is 522 g/mol. The zero-order valence-corrected chi connectivity index (χ0v) is 21.2. The van der Waals surface area contributed by atoms with E-state index in [1.165, 1.54) is 11.8 Å². The molecule has 0 radical (unpaired) electrons. The Morgan fingerprint density at radius 2 is 1.67 bits per heavy atom. The van der Waals surface area contributed by atoms with Crippen molar-refractivity contribution in [1.82, 2.24) is 25.6 Å². The van der Waals surface area contributed by atoms with Crippen LogP contribution in [-0.2, 0) is 9.59 Å². The first kappa shape index (κ1) is 25.3. The van der Waals surface area contributed by atoms with Crippen molar-refractivity contribution in [3.8, 4) is 22.8 Å². The molecule has 8 nitrogen and oxygen atoms in total. The normalized spacial score (nSPS) is 11.5. The summed E-state index contributed by atoms with van der Waals surface area (Å²) in [5.41, 5.74) is 7.73. The van der Waals surface area contributed by atoms with Gasteiger partial charge in [-0.05, 0) is 50.2 Å². The Kier molecular flexibility index (Phi) is 8.24. The molecule has 2 N–H and O–H groups in total. The van der Waals surface area contributed by atoms with Crippen molar-refractivity contribution in [2.45, 2.75) is 24.3 Å². The van der Waals surface area contributed by atoms with Gasteiger partial charge in [-0.15, -0.1) is 10.2 Å². The van der Waals surface area contributed by atoms with Gasteiger partial charge in [0.2, 0.25) is 0 Å². The third-order valence-corrected chi connectivity index (χ3v) is 6.41. The van der Waals surface area contributed by atoms with Crippen molar-refractivity contribution in [2.75, 3.05) is 6.61 Å². The van der Waals surface area contributed by atoms with Crippen LogP contribution in [0.25, 0.3) is 17.1 Å². The third-order valence-electron chi connectivity index (χ3n) is 5.12. The number of aryl methyl sites for hydroxylation is 1. The van der Waals surface area contributed by atoms with Gasteiger partial charge in [0.25, 0.3) is 11.8 Å². The van der Waals surface area contributed by atoms with E-state index in [-0.39, 0.29) is 12.5 Å². The molecule has 4 aromatic rings. The lowest BCUT2D eigenvalue weighted by molar-refractivity contribution is -0.129. The van der Waals surface area contributed by atoms with E-state index in [2.05, 4.69) is 21.0 Å². The summed E-state index contributed by atoms with van der Waals surface area (Å²) in [5, 5.41) is 9.31. The van der Waals surface area contributed by atoms with Gasteiger partial charge in [-0.3, -0.25) is 25.0 Å². The van der Waals surface area contributed by atoms with Gasteiger partial charge in [0.05, 0.1) is 5.25 Å². The highest BCUT2D eigenvalue weighted by molar-refractivity contribution is 8.00. The number of carbonyl (C=O) groups excluding carboxylic acids is 2. The van der Waals surface area contributed by atoms with Crippen LogP contribution in [-0.4, -0.2) is 38.4 Å². The maximum Gasteiger partial charge on any atom is 0.276 e. The molecule has 0 saturated carbocycles. The van der Waals surface area contributed by atoms with Crippen LogP contribution in [0.1, 0.15) is 12.5 Å². The lowest BCUT2D eigenvalue weighted by Gasteiger charge is -2.14. The minimum Gasteiger partial charge on any atom is -0.484 e. The number of aromatic nitrogens is 3. The van der Waals surface area contributed by atoms with E-state index in [1.54, 1.807) is 31.2 Å². The minimum absolute atomic E-state index is 0.258. The fourth-order valence-electron chi connectivity index (χ4n) is 3.21. The molecule has 1 heterocycles. The molecule has 0 spiro atoms. The Morgan fingerprint density at radius 1 is 0.972 bits per heavy atom. The maximum absolute atomic E-state index is 12.7. The lowest BCUT2D eigenvalue weighted by atomic mass is 10.1. The summed E-state index contributed by atoms with van der Waals surface area (Å²) in [6.45, 7) is 3.49. The molecule has 0 saturated heterocycles. The third kappa shape index (κ3) is 6.44. The molecule has 184 valence electrons. The standard InChI is InChI=1S/C26H24ClN5O3S/c1-17-8-10-19(11-9-17)24-29-31-26(32(24)21-6-4-3-5-7-21)36-18(2)25(34)30-28-23(33)16-35-22-14-12-20(27)13-15-22/h3-15,18H,16H2,1-2H3,(H,28,33)(H,30,34)/t18-/m0/s1. The predicted molar refractivity (Wildman–Crippen MR) is 140 cm³/mol. The number of halogens is 1. The highest BCUT2D eigenvalue weighted by Crippen LogP contribution is 2.30. The van der Waals surface area contributed by atoms with Gasteiger partial charge >= 0.3 is 0 Å². The molecule has 3 aromatic carbocycles. The highest BCUT2D eigenvalue weighted by Gasteiger charge is 2.22. The maximum atomic E-state index is 12.7. The molecule has 0 aliphatic heterocycles. The second kappa shape index (κ2) is 11.7. The molecule has 0 unspecified atom stereocenters. The summed E-state index contributed by atoms with van der Waals surface area (Å²) < 4.78 is 7.29. The minimum atomic E-state index is -0.569. The zero-order valence-electron chi connectivity index (χ0n) is 19.6. The fraction of sp³-hybridized carbons (Fsp3) is 0.154. The first-order valence-corrected chi connectivity index (χ1v) is 12.4. The molecule has 1 aromatic heterocycles. The van der Waals surface area contributed by atoms with Gasteiger partial charge in [-0.1, -0.05) is 71.4 Å². The van der Waals surface area contributed by atoms with Crippen molar-refractivity contribution < 1.29 is 14.3 Å². The van der Waals surface area contributed by atoms with Crippen LogP contribution in [0.2, 0.25) is 5.02 Å². The van der Waals surface area contributed by atoms with Gasteiger partial charge in [0.15, 0.2) is 17.6 Å². The van der Waals surface area contributed by atoms with Crippen molar-refractivity contribution in [1.29, 1.82) is 0 Å². The highest BCUT2D eigenvalue weighted by atomic mass is 35.5. The summed E-state index contributed by atoms with van der Waals surface area (Å²) in [6, 6.07) is 24.3. The molecule has 10 heteroatoms. The second-order valence-corrected chi connectivity index (χ2v) is 9.63. The number of hydrogen-bond donors (Lipinski definition) is 2. The number of carbonyl (C=O) groups is 2. The summed E-state index contributed by atoms with van der Waals surface area (Å²) in [5.74, 6) is 0.280. The number of ether oxygens (including phenoxy) is 1. The molecule has 4 rings (SSSR count). The number of thioether (sulfide) groups is 1. The topological polar surface area (TPSA) is 98.1 Å². The van der Waals surface area contributed by atoms with Gasteiger partial charge in [-0.25, -0.2) is 0 Å². The van der Waals surface area contributed by atoms with E-state index in [9.17, 15) is 9.59 Å². The van der Waals surface area contributed by atoms with Crippen molar-refractivity contribution in [3.05, 3.63) is 89.4 Å². The van der Waals surface area contributed by atoms with E-state index >= 15 is 0 Å². The Labute approximate surface area is 218 Å². The Bertz CT molecular complexity index is 1330. The van der Waals surface area contributed by atoms with Crippen LogP contribution in [0.4, 0.5) is 0 Å². The van der Waals surface area contributed by atoms with Crippen LogP contribution in [0.5, 0.6) is 5.75 Å². The summed E-state index contributed by atoms with van der Waals surface area (Å²) in [4.78, 5) is 24.7. The first-order chi connectivity index (χ1) is 17.4. The molecule has 1 atom stereocenters. The molecule has 36 heavy (non-hydrogen) atoms. The average Bonchev–Trinajstić information content (AvgIpc) is 3.31. The van der Waals surface area contributed by atoms with Crippen LogP contribution in [0, 0.1) is 6.92 Å².